The lowest BCUT2D eigenvalue weighted by molar-refractivity contribution is -0.0512. The van der Waals surface area contributed by atoms with Crippen molar-refractivity contribution in [3.05, 3.63) is 0 Å². The minimum atomic E-state index is 0.220. The lowest BCUT2D eigenvalue weighted by atomic mass is 9.72. The van der Waals surface area contributed by atoms with Crippen LogP contribution in [-0.2, 0) is 4.74 Å². The molecule has 0 radical (unpaired) electrons. The molecule has 2 rings (SSSR count). The molecule has 1 heterocycles. The zero-order valence-corrected chi connectivity index (χ0v) is 9.27. The van der Waals surface area contributed by atoms with Crippen LogP contribution in [0, 0.1) is 11.8 Å². The second-order valence-corrected chi connectivity index (χ2v) is 5.01. The van der Waals surface area contributed by atoms with Crippen LogP contribution >= 0.6 is 15.9 Å². The fraction of sp³-hybridized carbons (Fsp3) is 1.00. The van der Waals surface area contributed by atoms with E-state index in [0.717, 1.165) is 23.8 Å². The third kappa shape index (κ3) is 1.33. The highest BCUT2D eigenvalue weighted by Gasteiger charge is 2.46. The summed E-state index contributed by atoms with van der Waals surface area (Å²) in [6.07, 6.45) is 5.46. The zero-order valence-electron chi connectivity index (χ0n) is 7.68. The summed E-state index contributed by atoms with van der Waals surface area (Å²) in [5.41, 5.74) is 0.220. The number of ether oxygens (including phenoxy) is 1. The van der Waals surface area contributed by atoms with Crippen LogP contribution in [0.5, 0.6) is 0 Å². The fourth-order valence-corrected chi connectivity index (χ4v) is 3.29. The lowest BCUT2D eigenvalue weighted by Crippen LogP contribution is -2.42. The molecule has 2 aliphatic rings. The maximum atomic E-state index is 5.96. The smallest absolute Gasteiger partial charge is 0.0810 e. The summed E-state index contributed by atoms with van der Waals surface area (Å²) in [6.45, 7) is 3.27. The first-order valence-electron chi connectivity index (χ1n) is 4.97. The van der Waals surface area contributed by atoms with Crippen LogP contribution in [0.15, 0.2) is 0 Å². The van der Waals surface area contributed by atoms with Crippen LogP contribution in [-0.4, -0.2) is 17.5 Å². The summed E-state index contributed by atoms with van der Waals surface area (Å²) in [7, 11) is 0. The molecule has 0 bridgehead atoms. The molecular formula is C10H17BrO. The van der Waals surface area contributed by atoms with Gasteiger partial charge in [-0.1, -0.05) is 29.3 Å². The van der Waals surface area contributed by atoms with E-state index in [2.05, 4.69) is 22.9 Å². The Kier molecular flexibility index (Phi) is 2.48. The van der Waals surface area contributed by atoms with Gasteiger partial charge in [-0.25, -0.2) is 0 Å². The molecule has 0 spiro atoms. The van der Waals surface area contributed by atoms with Gasteiger partial charge in [0.05, 0.1) is 12.2 Å². The van der Waals surface area contributed by atoms with Gasteiger partial charge in [-0.2, -0.15) is 0 Å². The first-order valence-corrected chi connectivity index (χ1v) is 6.09. The largest absolute Gasteiger partial charge is 0.374 e. The van der Waals surface area contributed by atoms with E-state index in [1.807, 2.05) is 0 Å². The van der Waals surface area contributed by atoms with E-state index < -0.39 is 0 Å². The minimum absolute atomic E-state index is 0.220. The molecule has 2 heteroatoms. The highest BCUT2D eigenvalue weighted by Crippen LogP contribution is 2.46. The van der Waals surface area contributed by atoms with E-state index in [-0.39, 0.29) is 5.60 Å². The Bertz CT molecular complexity index is 167. The third-order valence-electron chi connectivity index (χ3n) is 3.42. The quantitative estimate of drug-likeness (QED) is 0.666. The van der Waals surface area contributed by atoms with E-state index in [1.54, 1.807) is 0 Å². The molecule has 2 fully saturated rings. The molecule has 2 unspecified atom stereocenters. The molecule has 0 aromatic carbocycles. The predicted molar refractivity (Wildman–Crippen MR) is 53.6 cm³/mol. The van der Waals surface area contributed by atoms with Crippen molar-refractivity contribution in [2.45, 2.75) is 38.2 Å². The van der Waals surface area contributed by atoms with Gasteiger partial charge < -0.3 is 4.74 Å². The van der Waals surface area contributed by atoms with Crippen LogP contribution < -0.4 is 0 Å². The van der Waals surface area contributed by atoms with Gasteiger partial charge in [0.25, 0.3) is 0 Å². The molecule has 0 aromatic heterocycles. The van der Waals surface area contributed by atoms with Gasteiger partial charge in [0, 0.05) is 5.33 Å². The first kappa shape index (κ1) is 9.01. The molecule has 1 aliphatic carbocycles. The summed E-state index contributed by atoms with van der Waals surface area (Å²) in [4.78, 5) is 0. The molecule has 70 valence electrons. The van der Waals surface area contributed by atoms with Gasteiger partial charge in [-0.15, -0.1) is 0 Å². The summed E-state index contributed by atoms with van der Waals surface area (Å²) < 4.78 is 5.96. The van der Waals surface area contributed by atoms with Gasteiger partial charge in [0.1, 0.15) is 0 Å². The summed E-state index contributed by atoms with van der Waals surface area (Å²) in [5.74, 6) is 1.62. The first-order chi connectivity index (χ1) is 5.77. The maximum absolute atomic E-state index is 5.96. The molecule has 12 heavy (non-hydrogen) atoms. The second-order valence-electron chi connectivity index (χ2n) is 4.45. The Morgan fingerprint density at radius 3 is 2.58 bits per heavy atom. The Labute approximate surface area is 83.0 Å². The van der Waals surface area contributed by atoms with Crippen molar-refractivity contribution >= 4 is 15.9 Å². The molecule has 0 N–H and O–H groups in total. The summed E-state index contributed by atoms with van der Waals surface area (Å²) >= 11 is 3.61. The Morgan fingerprint density at radius 2 is 2.25 bits per heavy atom. The number of hydrogen-bond donors (Lipinski definition) is 0. The van der Waals surface area contributed by atoms with Crippen LogP contribution in [0.2, 0.25) is 0 Å². The number of rotatable bonds is 2. The molecule has 0 aromatic rings. The molecule has 1 aliphatic heterocycles. The molecule has 2 atom stereocenters. The Morgan fingerprint density at radius 1 is 1.50 bits per heavy atom. The van der Waals surface area contributed by atoms with Crippen molar-refractivity contribution in [3.8, 4) is 0 Å². The number of hydrogen-bond acceptors (Lipinski definition) is 1. The van der Waals surface area contributed by atoms with Crippen molar-refractivity contribution in [3.63, 3.8) is 0 Å². The lowest BCUT2D eigenvalue weighted by Gasteiger charge is -2.41. The topological polar surface area (TPSA) is 9.23 Å². The highest BCUT2D eigenvalue weighted by atomic mass is 79.9. The van der Waals surface area contributed by atoms with Gasteiger partial charge in [-0.05, 0) is 31.1 Å². The summed E-state index contributed by atoms with van der Waals surface area (Å²) in [5, 5.41) is 1.04. The van der Waals surface area contributed by atoms with Crippen LogP contribution in [0.3, 0.4) is 0 Å². The van der Waals surface area contributed by atoms with E-state index in [0.29, 0.717) is 0 Å². The Balaban J connectivity index is 2.03. The maximum Gasteiger partial charge on any atom is 0.0810 e. The van der Waals surface area contributed by atoms with Gasteiger partial charge >= 0.3 is 0 Å². The van der Waals surface area contributed by atoms with Crippen molar-refractivity contribution < 1.29 is 4.74 Å². The highest BCUT2D eigenvalue weighted by molar-refractivity contribution is 9.09. The monoisotopic (exact) mass is 232 g/mol. The molecule has 1 saturated heterocycles. The summed E-state index contributed by atoms with van der Waals surface area (Å²) in [6, 6.07) is 0. The fourth-order valence-electron chi connectivity index (χ4n) is 2.44. The average molecular weight is 233 g/mol. The molecular weight excluding hydrogens is 216 g/mol. The van der Waals surface area contributed by atoms with Gasteiger partial charge in [0.2, 0.25) is 0 Å². The van der Waals surface area contributed by atoms with Crippen molar-refractivity contribution in [2.24, 2.45) is 11.8 Å². The second kappa shape index (κ2) is 3.30. The van der Waals surface area contributed by atoms with Crippen LogP contribution in [0.4, 0.5) is 0 Å². The molecule has 1 saturated carbocycles. The van der Waals surface area contributed by atoms with Gasteiger partial charge in [0.15, 0.2) is 0 Å². The molecule has 0 amide bonds. The SMILES string of the molecule is CC1COC(CBr)(C2CCC2)C1. The minimum Gasteiger partial charge on any atom is -0.374 e. The number of alkyl halides is 1. The average Bonchev–Trinajstić information content (AvgIpc) is 2.30. The van der Waals surface area contributed by atoms with Crippen molar-refractivity contribution in [1.29, 1.82) is 0 Å². The standard InChI is InChI=1S/C10H17BrO/c1-8-5-10(7-11,12-6-8)9-3-2-4-9/h8-9H,2-7H2,1H3. The predicted octanol–water partition coefficient (Wildman–Crippen LogP) is 2.98. The third-order valence-corrected chi connectivity index (χ3v) is 4.37. The number of halogens is 1. The van der Waals surface area contributed by atoms with Crippen molar-refractivity contribution in [2.75, 3.05) is 11.9 Å². The van der Waals surface area contributed by atoms with Gasteiger partial charge in [-0.3, -0.25) is 0 Å². The van der Waals surface area contributed by atoms with E-state index in [4.69, 9.17) is 4.74 Å². The van der Waals surface area contributed by atoms with Crippen LogP contribution in [0.25, 0.3) is 0 Å². The zero-order chi connectivity index (χ0) is 8.60. The van der Waals surface area contributed by atoms with E-state index in [9.17, 15) is 0 Å². The normalized spacial score (nSPS) is 43.0. The Hall–Kier alpha value is 0.440. The molecule has 1 nitrogen and oxygen atoms in total. The van der Waals surface area contributed by atoms with E-state index in [1.165, 1.54) is 25.7 Å². The van der Waals surface area contributed by atoms with Crippen molar-refractivity contribution in [1.82, 2.24) is 0 Å². The van der Waals surface area contributed by atoms with Crippen LogP contribution in [0.1, 0.15) is 32.6 Å². The van der Waals surface area contributed by atoms with E-state index >= 15 is 0 Å².